The van der Waals surface area contributed by atoms with E-state index < -0.39 is 0 Å². The topological polar surface area (TPSA) is 96.7 Å². The van der Waals surface area contributed by atoms with Crippen molar-refractivity contribution in [2.24, 2.45) is 0 Å². The van der Waals surface area contributed by atoms with Gasteiger partial charge in [-0.1, -0.05) is 42.4 Å². The molecule has 2 aliphatic heterocycles. The minimum Gasteiger partial charge on any atom is -0.462 e. The number of carbonyl (C=O) groups excluding carboxylic acids is 1. The molecule has 43 heavy (non-hydrogen) atoms. The number of ether oxygens (including phenoxy) is 1. The molecule has 0 spiro atoms. The van der Waals surface area contributed by atoms with Crippen LogP contribution in [0.1, 0.15) is 32.5 Å². The Morgan fingerprint density at radius 1 is 1.09 bits per heavy atom. The van der Waals surface area contributed by atoms with Gasteiger partial charge in [-0.25, -0.2) is 4.98 Å². The Kier molecular flexibility index (Phi) is 7.83. The molecule has 4 aromatic rings. The number of piperazine rings is 1. The number of carbonyl (C=O) groups is 1. The van der Waals surface area contributed by atoms with Gasteiger partial charge in [-0.2, -0.15) is 9.97 Å². The summed E-state index contributed by atoms with van der Waals surface area (Å²) in [5, 5.41) is 2.22. The third-order valence-electron chi connectivity index (χ3n) is 8.71. The smallest absolute Gasteiger partial charge is 0.319 e. The lowest BCUT2D eigenvalue weighted by molar-refractivity contribution is -0.128. The zero-order chi connectivity index (χ0) is 30.4. The average molecular weight is 602 g/mol. The minimum absolute atomic E-state index is 0.103. The summed E-state index contributed by atoms with van der Waals surface area (Å²) in [7, 11) is 2.08. The summed E-state index contributed by atoms with van der Waals surface area (Å²) in [5.74, 6) is 0.896. The Labute approximate surface area is 255 Å². The Morgan fingerprint density at radius 3 is 2.58 bits per heavy atom. The van der Waals surface area contributed by atoms with Crippen LogP contribution in [0.25, 0.3) is 27.5 Å². The van der Waals surface area contributed by atoms with E-state index in [-0.39, 0.29) is 41.1 Å². The Balaban J connectivity index is 1.52. The fourth-order valence-electron chi connectivity index (χ4n) is 6.36. The molecule has 1 unspecified atom stereocenters. The minimum atomic E-state index is -0.331. The fourth-order valence-corrected chi connectivity index (χ4v) is 6.64. The van der Waals surface area contributed by atoms with Gasteiger partial charge >= 0.3 is 6.01 Å². The summed E-state index contributed by atoms with van der Waals surface area (Å²) in [6.45, 7) is 11.9. The Bertz CT molecular complexity index is 1790. The van der Waals surface area contributed by atoms with Gasteiger partial charge in [0, 0.05) is 36.6 Å². The SMILES string of the molecule is C=CC(=O)N1C[C@H](C)N(c2nc(OCC3CCCN3C)nc3c(=O)n(-c4cccc5cccc(Cl)c45)c(C)nc23)C[C@@H]1C. The van der Waals surface area contributed by atoms with E-state index in [1.54, 1.807) is 16.4 Å². The van der Waals surface area contributed by atoms with E-state index in [9.17, 15) is 9.59 Å². The first kappa shape index (κ1) is 29.1. The Morgan fingerprint density at radius 2 is 1.86 bits per heavy atom. The molecule has 10 nitrogen and oxygen atoms in total. The second-order valence-corrected chi connectivity index (χ2v) is 12.0. The lowest BCUT2D eigenvalue weighted by Crippen LogP contribution is -2.58. The number of aryl methyl sites for hydroxylation is 1. The van der Waals surface area contributed by atoms with E-state index in [0.29, 0.717) is 47.6 Å². The number of benzene rings is 2. The van der Waals surface area contributed by atoms with E-state index in [1.807, 2.05) is 50.2 Å². The van der Waals surface area contributed by atoms with Crippen LogP contribution in [0.2, 0.25) is 5.02 Å². The van der Waals surface area contributed by atoms with Gasteiger partial charge in [-0.15, -0.1) is 0 Å². The van der Waals surface area contributed by atoms with Gasteiger partial charge in [-0.05, 0) is 70.8 Å². The molecule has 0 radical (unpaired) electrons. The van der Waals surface area contributed by atoms with Crippen molar-refractivity contribution in [1.29, 1.82) is 0 Å². The van der Waals surface area contributed by atoms with E-state index in [2.05, 4.69) is 28.4 Å². The van der Waals surface area contributed by atoms with Crippen LogP contribution in [0.3, 0.4) is 0 Å². The van der Waals surface area contributed by atoms with Gasteiger partial charge in [0.05, 0.1) is 10.7 Å². The van der Waals surface area contributed by atoms with Crippen LogP contribution in [0, 0.1) is 6.92 Å². The maximum absolute atomic E-state index is 14.4. The molecule has 4 heterocycles. The third kappa shape index (κ3) is 5.23. The van der Waals surface area contributed by atoms with Gasteiger partial charge < -0.3 is 19.4 Å². The maximum atomic E-state index is 14.4. The summed E-state index contributed by atoms with van der Waals surface area (Å²) in [6, 6.07) is 11.6. The highest BCUT2D eigenvalue weighted by atomic mass is 35.5. The molecule has 2 aromatic heterocycles. The van der Waals surface area contributed by atoms with E-state index in [0.717, 1.165) is 30.2 Å². The molecule has 2 fully saturated rings. The van der Waals surface area contributed by atoms with Gasteiger partial charge in [0.1, 0.15) is 17.9 Å². The van der Waals surface area contributed by atoms with E-state index in [4.69, 9.17) is 26.3 Å². The van der Waals surface area contributed by atoms with E-state index in [1.165, 1.54) is 6.08 Å². The van der Waals surface area contributed by atoms with Crippen molar-refractivity contribution in [2.75, 3.05) is 38.2 Å². The van der Waals surface area contributed by atoms with Crippen LogP contribution in [-0.2, 0) is 4.79 Å². The molecule has 11 heteroatoms. The van der Waals surface area contributed by atoms with Gasteiger partial charge in [0.2, 0.25) is 5.91 Å². The zero-order valence-electron chi connectivity index (χ0n) is 25.0. The quantitative estimate of drug-likeness (QED) is 0.301. The van der Waals surface area contributed by atoms with Crippen LogP contribution in [0.5, 0.6) is 6.01 Å². The number of halogens is 1. The molecule has 0 aliphatic carbocycles. The number of aromatic nitrogens is 4. The first-order chi connectivity index (χ1) is 20.7. The van der Waals surface area contributed by atoms with Gasteiger partial charge in [0.25, 0.3) is 5.56 Å². The van der Waals surface area contributed by atoms with Gasteiger partial charge in [0.15, 0.2) is 11.3 Å². The summed E-state index contributed by atoms with van der Waals surface area (Å²) >= 11 is 6.65. The third-order valence-corrected chi connectivity index (χ3v) is 9.03. The number of amides is 1. The van der Waals surface area contributed by atoms with Crippen LogP contribution in [0.4, 0.5) is 5.82 Å². The normalized spacial score (nSPS) is 21.1. The molecule has 2 saturated heterocycles. The number of anilines is 1. The number of hydrogen-bond donors (Lipinski definition) is 0. The number of nitrogens with zero attached hydrogens (tertiary/aromatic N) is 7. The number of likely N-dealkylation sites (N-methyl/N-ethyl adjacent to an activating group) is 1. The first-order valence-corrected chi connectivity index (χ1v) is 15.1. The molecule has 3 atom stereocenters. The highest BCUT2D eigenvalue weighted by Gasteiger charge is 2.34. The van der Waals surface area contributed by atoms with Crippen LogP contribution in [0.15, 0.2) is 53.8 Å². The van der Waals surface area contributed by atoms with Crippen molar-refractivity contribution in [3.63, 3.8) is 0 Å². The maximum Gasteiger partial charge on any atom is 0.319 e. The molecular formula is C32H36ClN7O3. The molecule has 2 aliphatic rings. The predicted molar refractivity (Wildman–Crippen MR) is 170 cm³/mol. The van der Waals surface area contributed by atoms with Crippen molar-refractivity contribution in [3.05, 3.63) is 70.3 Å². The molecule has 1 amide bonds. The largest absolute Gasteiger partial charge is 0.462 e. The molecule has 0 N–H and O–H groups in total. The predicted octanol–water partition coefficient (Wildman–Crippen LogP) is 4.38. The van der Waals surface area contributed by atoms with Gasteiger partial charge in [-0.3, -0.25) is 14.2 Å². The monoisotopic (exact) mass is 601 g/mol. The van der Waals surface area contributed by atoms with Crippen molar-refractivity contribution >= 4 is 45.1 Å². The summed E-state index contributed by atoms with van der Waals surface area (Å²) in [5.41, 5.74) is 0.869. The fraction of sp³-hybridized carbons (Fsp3) is 0.406. The second-order valence-electron chi connectivity index (χ2n) is 11.6. The van der Waals surface area contributed by atoms with Crippen LogP contribution < -0.4 is 15.2 Å². The number of rotatable bonds is 6. The number of hydrogen-bond acceptors (Lipinski definition) is 8. The van der Waals surface area contributed by atoms with Crippen molar-refractivity contribution < 1.29 is 9.53 Å². The molecule has 224 valence electrons. The zero-order valence-corrected chi connectivity index (χ0v) is 25.7. The number of likely N-dealkylation sites (tertiary alicyclic amines) is 1. The standard InChI is InChI=1S/C32H36ClN7O3/c1-6-26(41)38-16-20(3)39(17-19(38)2)30-28-29(35-32(36-30)43-18-23-12-9-15-37(23)5)31(42)40(21(4)34-28)25-14-8-11-22-10-7-13-24(33)27(22)25/h6-8,10-11,13-14,19-20,23H,1,9,12,15-18H2,2-5H3/t19-,20-,23?/m0/s1. The highest BCUT2D eigenvalue weighted by Crippen LogP contribution is 2.32. The molecule has 0 bridgehead atoms. The molecule has 6 rings (SSSR count). The lowest BCUT2D eigenvalue weighted by Gasteiger charge is -2.44. The molecule has 2 aromatic carbocycles. The average Bonchev–Trinajstić information content (AvgIpc) is 3.41. The summed E-state index contributed by atoms with van der Waals surface area (Å²) in [4.78, 5) is 47.5. The van der Waals surface area contributed by atoms with Crippen molar-refractivity contribution in [3.8, 4) is 11.7 Å². The second kappa shape index (κ2) is 11.6. The summed E-state index contributed by atoms with van der Waals surface area (Å²) in [6.07, 6.45) is 3.48. The molecule has 0 saturated carbocycles. The molecular weight excluding hydrogens is 566 g/mol. The highest BCUT2D eigenvalue weighted by molar-refractivity contribution is 6.36. The first-order valence-electron chi connectivity index (χ1n) is 14.7. The lowest BCUT2D eigenvalue weighted by atomic mass is 10.1. The van der Waals surface area contributed by atoms with Crippen LogP contribution >= 0.6 is 11.6 Å². The van der Waals surface area contributed by atoms with E-state index >= 15 is 0 Å². The Hall–Kier alpha value is -4.02. The van der Waals surface area contributed by atoms with Crippen molar-refractivity contribution in [2.45, 2.75) is 51.7 Å². The van der Waals surface area contributed by atoms with Crippen LogP contribution in [-0.4, -0.2) is 86.6 Å². The summed E-state index contributed by atoms with van der Waals surface area (Å²) < 4.78 is 7.76. The number of fused-ring (bicyclic) bond motifs is 2. The van der Waals surface area contributed by atoms with Crippen molar-refractivity contribution in [1.82, 2.24) is 29.3 Å².